The highest BCUT2D eigenvalue weighted by molar-refractivity contribution is 5.85. The molecular weight excluding hydrogens is 318 g/mol. The van der Waals surface area contributed by atoms with Gasteiger partial charge in [0.25, 0.3) is 0 Å². The molecule has 2 aliphatic rings. The van der Waals surface area contributed by atoms with Crippen LogP contribution in [0, 0.1) is 0 Å². The van der Waals surface area contributed by atoms with E-state index < -0.39 is 0 Å². The molecule has 2 heteroatoms. The van der Waals surface area contributed by atoms with E-state index in [9.17, 15) is 0 Å². The summed E-state index contributed by atoms with van der Waals surface area (Å²) < 4.78 is 6.49. The summed E-state index contributed by atoms with van der Waals surface area (Å²) in [7, 11) is 0. The van der Waals surface area contributed by atoms with E-state index in [1.807, 2.05) is 0 Å². The number of hydrogen-bond donors (Lipinski definition) is 1. The van der Waals surface area contributed by atoms with E-state index in [0.717, 1.165) is 18.7 Å². The topological polar surface area (TPSA) is 21.3 Å². The Morgan fingerprint density at radius 3 is 2.58 bits per heavy atom. The molecule has 1 heterocycles. The van der Waals surface area contributed by atoms with Gasteiger partial charge in [-0.05, 0) is 48.1 Å². The fraction of sp³-hybridized carbons (Fsp3) is 0.333. The van der Waals surface area contributed by atoms with Gasteiger partial charge in [-0.2, -0.15) is 0 Å². The Bertz CT molecular complexity index is 921. The lowest BCUT2D eigenvalue weighted by atomic mass is 9.85. The van der Waals surface area contributed by atoms with Gasteiger partial charge in [0.05, 0.1) is 0 Å². The van der Waals surface area contributed by atoms with Crippen LogP contribution in [0.15, 0.2) is 66.7 Å². The van der Waals surface area contributed by atoms with Gasteiger partial charge in [0.2, 0.25) is 0 Å². The molecule has 1 N–H and O–H groups in total. The van der Waals surface area contributed by atoms with Gasteiger partial charge in [-0.15, -0.1) is 0 Å². The number of para-hydroxylation sites is 1. The average Bonchev–Trinajstić information content (AvgIpc) is 3.13. The number of benzene rings is 3. The van der Waals surface area contributed by atoms with Crippen molar-refractivity contribution in [3.63, 3.8) is 0 Å². The van der Waals surface area contributed by atoms with Gasteiger partial charge >= 0.3 is 0 Å². The fourth-order valence-electron chi connectivity index (χ4n) is 4.81. The van der Waals surface area contributed by atoms with E-state index in [1.165, 1.54) is 47.6 Å². The van der Waals surface area contributed by atoms with Crippen LogP contribution >= 0.6 is 0 Å². The van der Waals surface area contributed by atoms with Crippen LogP contribution in [0.3, 0.4) is 0 Å². The summed E-state index contributed by atoms with van der Waals surface area (Å²) in [5, 5.41) is 6.51. The molecular formula is C24H25NO. The van der Waals surface area contributed by atoms with Crippen LogP contribution in [0.5, 0.6) is 5.75 Å². The number of ether oxygens (including phenoxy) is 1. The summed E-state index contributed by atoms with van der Waals surface area (Å²) in [4.78, 5) is 0. The molecule has 0 saturated heterocycles. The quantitative estimate of drug-likeness (QED) is 0.652. The maximum atomic E-state index is 6.49. The molecule has 1 saturated carbocycles. The van der Waals surface area contributed by atoms with E-state index in [4.69, 9.17) is 4.74 Å². The molecule has 0 radical (unpaired) electrons. The number of hydrogen-bond acceptors (Lipinski definition) is 2. The van der Waals surface area contributed by atoms with Crippen LogP contribution in [0.1, 0.15) is 49.3 Å². The molecule has 132 valence electrons. The lowest BCUT2D eigenvalue weighted by Crippen LogP contribution is -2.42. The summed E-state index contributed by atoms with van der Waals surface area (Å²) in [5.41, 5.74) is 2.72. The zero-order chi connectivity index (χ0) is 17.4. The Kier molecular flexibility index (Phi) is 3.94. The summed E-state index contributed by atoms with van der Waals surface area (Å²) in [6, 6.07) is 24.2. The highest BCUT2D eigenvalue weighted by Crippen LogP contribution is 2.47. The molecule has 3 aromatic carbocycles. The first-order valence-corrected chi connectivity index (χ1v) is 9.81. The van der Waals surface area contributed by atoms with Crippen LogP contribution < -0.4 is 10.1 Å². The largest absolute Gasteiger partial charge is 0.487 e. The third-order valence-electron chi connectivity index (χ3n) is 6.13. The van der Waals surface area contributed by atoms with E-state index in [0.29, 0.717) is 6.04 Å². The van der Waals surface area contributed by atoms with Gasteiger partial charge in [-0.1, -0.05) is 60.7 Å². The standard InChI is InChI=1S/C24H25NO/c1-2-11-20-18(8-1)9-7-10-19(20)17-25-22-16-24(14-5-6-15-24)26-23-13-4-3-12-21(22)23/h1-4,7-13,22,25H,5-6,14-17H2/t22-/m0/s1. The molecule has 1 spiro atoms. The zero-order valence-electron chi connectivity index (χ0n) is 15.1. The Morgan fingerprint density at radius 2 is 1.65 bits per heavy atom. The minimum Gasteiger partial charge on any atom is -0.487 e. The molecule has 0 bridgehead atoms. The summed E-state index contributed by atoms with van der Waals surface area (Å²) in [6.07, 6.45) is 6.03. The molecule has 2 nitrogen and oxygen atoms in total. The third kappa shape index (κ3) is 2.79. The first-order chi connectivity index (χ1) is 12.8. The molecule has 1 atom stereocenters. The van der Waals surface area contributed by atoms with Gasteiger partial charge in [0.1, 0.15) is 11.4 Å². The molecule has 0 aromatic heterocycles. The second kappa shape index (κ2) is 6.44. The first kappa shape index (κ1) is 15.9. The number of nitrogens with one attached hydrogen (secondary N) is 1. The average molecular weight is 343 g/mol. The second-order valence-electron chi connectivity index (χ2n) is 7.81. The van der Waals surface area contributed by atoms with Gasteiger partial charge in [-0.25, -0.2) is 0 Å². The van der Waals surface area contributed by atoms with Gasteiger partial charge in [0.15, 0.2) is 0 Å². The minimum atomic E-state index is 0.0464. The molecule has 1 fully saturated rings. The maximum absolute atomic E-state index is 6.49. The second-order valence-corrected chi connectivity index (χ2v) is 7.81. The molecule has 5 rings (SSSR count). The monoisotopic (exact) mass is 343 g/mol. The van der Waals surface area contributed by atoms with Crippen molar-refractivity contribution >= 4 is 10.8 Å². The van der Waals surface area contributed by atoms with Crippen molar-refractivity contribution in [1.29, 1.82) is 0 Å². The van der Waals surface area contributed by atoms with Gasteiger partial charge in [-0.3, -0.25) is 0 Å². The Hall–Kier alpha value is -2.32. The molecule has 1 aliphatic heterocycles. The van der Waals surface area contributed by atoms with Crippen molar-refractivity contribution < 1.29 is 4.74 Å². The molecule has 26 heavy (non-hydrogen) atoms. The molecule has 0 unspecified atom stereocenters. The predicted octanol–water partition coefficient (Wildman–Crippen LogP) is 5.77. The van der Waals surface area contributed by atoms with E-state index in [2.05, 4.69) is 72.0 Å². The lowest BCUT2D eigenvalue weighted by molar-refractivity contribution is 0.0365. The van der Waals surface area contributed by atoms with Crippen molar-refractivity contribution in [2.24, 2.45) is 0 Å². The van der Waals surface area contributed by atoms with E-state index in [1.54, 1.807) is 0 Å². The highest BCUT2D eigenvalue weighted by atomic mass is 16.5. The van der Waals surface area contributed by atoms with E-state index >= 15 is 0 Å². The maximum Gasteiger partial charge on any atom is 0.124 e. The van der Waals surface area contributed by atoms with Crippen molar-refractivity contribution in [2.75, 3.05) is 0 Å². The van der Waals surface area contributed by atoms with Crippen LogP contribution in [0.2, 0.25) is 0 Å². The van der Waals surface area contributed by atoms with Crippen molar-refractivity contribution in [3.8, 4) is 5.75 Å². The summed E-state index contributed by atoms with van der Waals surface area (Å²) >= 11 is 0. The van der Waals surface area contributed by atoms with Crippen LogP contribution in [0.4, 0.5) is 0 Å². The zero-order valence-corrected chi connectivity index (χ0v) is 15.1. The number of rotatable bonds is 3. The smallest absolute Gasteiger partial charge is 0.124 e. The number of fused-ring (bicyclic) bond motifs is 2. The SMILES string of the molecule is c1ccc2c(c1)OC1(CCCC1)C[C@@H]2NCc1cccc2ccccc12. The van der Waals surface area contributed by atoms with E-state index in [-0.39, 0.29) is 5.60 Å². The van der Waals surface area contributed by atoms with Crippen LogP contribution in [-0.2, 0) is 6.54 Å². The van der Waals surface area contributed by atoms with Gasteiger partial charge in [0, 0.05) is 24.6 Å². The highest BCUT2D eigenvalue weighted by Gasteiger charge is 2.42. The Labute approximate surface area is 155 Å². The first-order valence-electron chi connectivity index (χ1n) is 9.81. The normalized spacial score (nSPS) is 20.8. The van der Waals surface area contributed by atoms with Crippen molar-refractivity contribution in [3.05, 3.63) is 77.9 Å². The van der Waals surface area contributed by atoms with Gasteiger partial charge < -0.3 is 10.1 Å². The lowest BCUT2D eigenvalue weighted by Gasteiger charge is -2.40. The van der Waals surface area contributed by atoms with Crippen molar-refractivity contribution in [1.82, 2.24) is 5.32 Å². The van der Waals surface area contributed by atoms with Crippen LogP contribution in [0.25, 0.3) is 10.8 Å². The molecule has 1 aliphatic carbocycles. The molecule has 3 aromatic rings. The predicted molar refractivity (Wildman–Crippen MR) is 106 cm³/mol. The van der Waals surface area contributed by atoms with Crippen LogP contribution in [-0.4, -0.2) is 5.60 Å². The Balaban J connectivity index is 1.44. The summed E-state index contributed by atoms with van der Waals surface area (Å²) in [6.45, 7) is 0.885. The fourth-order valence-corrected chi connectivity index (χ4v) is 4.81. The van der Waals surface area contributed by atoms with Crippen molar-refractivity contribution in [2.45, 2.75) is 50.3 Å². The molecule has 0 amide bonds. The Morgan fingerprint density at radius 1 is 0.885 bits per heavy atom. The third-order valence-corrected chi connectivity index (χ3v) is 6.13. The summed E-state index contributed by atoms with van der Waals surface area (Å²) in [5.74, 6) is 1.08. The minimum absolute atomic E-state index is 0.0464.